The van der Waals surface area contributed by atoms with Crippen LogP contribution in [0.5, 0.6) is 0 Å². The van der Waals surface area contributed by atoms with Crippen molar-refractivity contribution in [3.05, 3.63) is 53.8 Å². The largest absolute Gasteiger partial charge is 0.326 e. The lowest BCUT2D eigenvalue weighted by Crippen LogP contribution is -2.00. The summed E-state index contributed by atoms with van der Waals surface area (Å²) in [6.45, 7) is 2.65. The molecule has 1 nitrogen and oxygen atoms in total. The van der Waals surface area contributed by atoms with Gasteiger partial charge in [0, 0.05) is 21.2 Å². The zero-order valence-corrected chi connectivity index (χ0v) is 12.4. The second kappa shape index (κ2) is 6.98. The van der Waals surface area contributed by atoms with Crippen LogP contribution in [0.25, 0.3) is 0 Å². The van der Waals surface area contributed by atoms with Crippen molar-refractivity contribution in [2.45, 2.75) is 28.2 Å². The Labute approximate surface area is 121 Å². The van der Waals surface area contributed by atoms with Crippen LogP contribution in [-0.2, 0) is 6.54 Å². The standard InChI is InChI=1S/C15H16FNS2/c1-2-18-14-4-3-5-15(13(14)10-17)19-12-8-6-11(16)7-9-12/h3-9H,2,10,17H2,1H3. The molecule has 0 aliphatic rings. The highest BCUT2D eigenvalue weighted by Gasteiger charge is 2.08. The average Bonchev–Trinajstić information content (AvgIpc) is 2.42. The predicted molar refractivity (Wildman–Crippen MR) is 81.3 cm³/mol. The third-order valence-corrected chi connectivity index (χ3v) is 4.73. The van der Waals surface area contributed by atoms with E-state index in [2.05, 4.69) is 19.1 Å². The van der Waals surface area contributed by atoms with E-state index in [1.54, 1.807) is 35.7 Å². The molecule has 0 radical (unpaired) electrons. The zero-order valence-electron chi connectivity index (χ0n) is 10.7. The van der Waals surface area contributed by atoms with Gasteiger partial charge in [-0.25, -0.2) is 4.39 Å². The summed E-state index contributed by atoms with van der Waals surface area (Å²) in [6.07, 6.45) is 0. The van der Waals surface area contributed by atoms with Crippen molar-refractivity contribution >= 4 is 23.5 Å². The van der Waals surface area contributed by atoms with Gasteiger partial charge in [-0.3, -0.25) is 0 Å². The van der Waals surface area contributed by atoms with Crippen LogP contribution in [0.1, 0.15) is 12.5 Å². The molecule has 0 aromatic heterocycles. The van der Waals surface area contributed by atoms with Gasteiger partial charge in [0.25, 0.3) is 0 Å². The lowest BCUT2D eigenvalue weighted by Gasteiger charge is -2.12. The Morgan fingerprint density at radius 3 is 2.37 bits per heavy atom. The first-order valence-corrected chi connectivity index (χ1v) is 7.93. The molecule has 2 N–H and O–H groups in total. The molecule has 0 aliphatic carbocycles. The Morgan fingerprint density at radius 1 is 1.05 bits per heavy atom. The molecule has 0 atom stereocenters. The first-order valence-electron chi connectivity index (χ1n) is 6.12. The van der Waals surface area contributed by atoms with Gasteiger partial charge in [-0.1, -0.05) is 24.8 Å². The minimum atomic E-state index is -0.210. The van der Waals surface area contributed by atoms with Gasteiger partial charge < -0.3 is 5.73 Å². The summed E-state index contributed by atoms with van der Waals surface area (Å²) in [6, 6.07) is 12.8. The van der Waals surface area contributed by atoms with Crippen LogP contribution in [0.2, 0.25) is 0 Å². The first kappa shape index (κ1) is 14.4. The monoisotopic (exact) mass is 293 g/mol. The van der Waals surface area contributed by atoms with E-state index in [1.165, 1.54) is 22.6 Å². The number of benzene rings is 2. The lowest BCUT2D eigenvalue weighted by atomic mass is 10.2. The molecular weight excluding hydrogens is 277 g/mol. The van der Waals surface area contributed by atoms with Gasteiger partial charge >= 0.3 is 0 Å². The summed E-state index contributed by atoms with van der Waals surface area (Å²) in [5.74, 6) is 0.816. The second-order valence-electron chi connectivity index (χ2n) is 3.93. The van der Waals surface area contributed by atoms with Gasteiger partial charge in [-0.2, -0.15) is 0 Å². The topological polar surface area (TPSA) is 26.0 Å². The molecule has 2 rings (SSSR count). The van der Waals surface area contributed by atoms with E-state index >= 15 is 0 Å². The molecule has 0 bridgehead atoms. The lowest BCUT2D eigenvalue weighted by molar-refractivity contribution is 0.626. The Bertz CT molecular complexity index is 540. The maximum atomic E-state index is 12.9. The molecule has 0 aliphatic heterocycles. The Morgan fingerprint density at radius 2 is 1.74 bits per heavy atom. The Hall–Kier alpha value is -0.970. The summed E-state index contributed by atoms with van der Waals surface area (Å²) in [7, 11) is 0. The minimum absolute atomic E-state index is 0.210. The quantitative estimate of drug-likeness (QED) is 0.819. The number of hydrogen-bond donors (Lipinski definition) is 1. The van der Waals surface area contributed by atoms with Crippen LogP contribution >= 0.6 is 23.5 Å². The summed E-state index contributed by atoms with van der Waals surface area (Å²) in [5, 5.41) is 0. The fraction of sp³-hybridized carbons (Fsp3) is 0.200. The van der Waals surface area contributed by atoms with E-state index in [9.17, 15) is 4.39 Å². The highest BCUT2D eigenvalue weighted by atomic mass is 32.2. The molecule has 0 fully saturated rings. The van der Waals surface area contributed by atoms with Gasteiger partial charge in [0.15, 0.2) is 0 Å². The first-order chi connectivity index (χ1) is 9.24. The Kier molecular flexibility index (Phi) is 5.31. The van der Waals surface area contributed by atoms with E-state index in [-0.39, 0.29) is 5.82 Å². The van der Waals surface area contributed by atoms with E-state index in [0.29, 0.717) is 6.54 Å². The van der Waals surface area contributed by atoms with Crippen LogP contribution < -0.4 is 5.73 Å². The maximum absolute atomic E-state index is 12.9. The van der Waals surface area contributed by atoms with Crippen molar-refractivity contribution in [3.63, 3.8) is 0 Å². The van der Waals surface area contributed by atoms with E-state index in [1.807, 2.05) is 6.07 Å². The third-order valence-electron chi connectivity index (χ3n) is 2.64. The highest BCUT2D eigenvalue weighted by Crippen LogP contribution is 2.35. The Balaban J connectivity index is 2.28. The second-order valence-corrected chi connectivity index (χ2v) is 6.35. The molecule has 2 aromatic carbocycles. The van der Waals surface area contributed by atoms with Gasteiger partial charge in [-0.15, -0.1) is 11.8 Å². The van der Waals surface area contributed by atoms with E-state index < -0.39 is 0 Å². The molecule has 0 unspecified atom stereocenters. The molecule has 0 saturated carbocycles. The number of thioether (sulfide) groups is 1. The minimum Gasteiger partial charge on any atom is -0.326 e. The van der Waals surface area contributed by atoms with Gasteiger partial charge in [0.1, 0.15) is 5.82 Å². The van der Waals surface area contributed by atoms with Gasteiger partial charge in [-0.05, 0) is 47.7 Å². The number of nitrogens with two attached hydrogens (primary N) is 1. The molecular formula is C15H16FNS2. The number of halogens is 1. The van der Waals surface area contributed by atoms with Crippen LogP contribution in [0, 0.1) is 5.82 Å². The van der Waals surface area contributed by atoms with Crippen molar-refractivity contribution in [3.8, 4) is 0 Å². The molecule has 0 heterocycles. The molecule has 0 saturated heterocycles. The smallest absolute Gasteiger partial charge is 0.123 e. The van der Waals surface area contributed by atoms with Crippen molar-refractivity contribution in [1.29, 1.82) is 0 Å². The number of hydrogen-bond acceptors (Lipinski definition) is 3. The van der Waals surface area contributed by atoms with Crippen LogP contribution in [0.4, 0.5) is 4.39 Å². The van der Waals surface area contributed by atoms with Crippen LogP contribution in [0.3, 0.4) is 0 Å². The van der Waals surface area contributed by atoms with Crippen molar-refractivity contribution in [2.24, 2.45) is 5.73 Å². The predicted octanol–water partition coefficient (Wildman–Crippen LogP) is 4.55. The maximum Gasteiger partial charge on any atom is 0.123 e. The van der Waals surface area contributed by atoms with Crippen molar-refractivity contribution < 1.29 is 4.39 Å². The SMILES string of the molecule is CCSc1cccc(Sc2ccc(F)cc2)c1CN. The number of rotatable bonds is 5. The fourth-order valence-electron chi connectivity index (χ4n) is 1.76. The molecule has 100 valence electrons. The van der Waals surface area contributed by atoms with E-state index in [4.69, 9.17) is 5.73 Å². The zero-order chi connectivity index (χ0) is 13.7. The molecule has 0 spiro atoms. The summed E-state index contributed by atoms with van der Waals surface area (Å²) >= 11 is 3.43. The fourth-order valence-corrected chi connectivity index (χ4v) is 3.67. The van der Waals surface area contributed by atoms with Gasteiger partial charge in [0.2, 0.25) is 0 Å². The third kappa shape index (κ3) is 3.75. The van der Waals surface area contributed by atoms with Crippen LogP contribution in [-0.4, -0.2) is 5.75 Å². The normalized spacial score (nSPS) is 10.7. The summed E-state index contributed by atoms with van der Waals surface area (Å²) in [4.78, 5) is 3.40. The molecule has 4 heteroatoms. The van der Waals surface area contributed by atoms with E-state index in [0.717, 1.165) is 15.5 Å². The molecule has 2 aromatic rings. The molecule has 19 heavy (non-hydrogen) atoms. The van der Waals surface area contributed by atoms with Crippen molar-refractivity contribution in [2.75, 3.05) is 5.75 Å². The van der Waals surface area contributed by atoms with Crippen LogP contribution in [0.15, 0.2) is 57.2 Å². The summed E-state index contributed by atoms with van der Waals surface area (Å²) in [5.41, 5.74) is 7.04. The molecule has 0 amide bonds. The van der Waals surface area contributed by atoms with Gasteiger partial charge in [0.05, 0.1) is 0 Å². The summed E-state index contributed by atoms with van der Waals surface area (Å²) < 4.78 is 12.9. The highest BCUT2D eigenvalue weighted by molar-refractivity contribution is 8.00. The average molecular weight is 293 g/mol. The van der Waals surface area contributed by atoms with Crippen molar-refractivity contribution in [1.82, 2.24) is 0 Å².